The van der Waals surface area contributed by atoms with Crippen LogP contribution in [0.3, 0.4) is 0 Å². The Hall–Kier alpha value is -0.440. The highest BCUT2D eigenvalue weighted by Gasteiger charge is 1.96. The predicted octanol–water partition coefficient (Wildman–Crippen LogP) is 0.871. The van der Waals surface area contributed by atoms with Gasteiger partial charge in [0, 0.05) is 0 Å². The van der Waals surface area contributed by atoms with Crippen molar-refractivity contribution in [3.05, 3.63) is 4.91 Å². The Bertz CT molecular complexity index is 55.7. The zero-order valence-corrected chi connectivity index (χ0v) is 4.29. The molecule has 0 bridgehead atoms. The van der Waals surface area contributed by atoms with Crippen LogP contribution in [0.2, 0.25) is 0 Å². The Morgan fingerprint density at radius 1 is 1.86 bits per heavy atom. The summed E-state index contributed by atoms with van der Waals surface area (Å²) in [5.74, 6) is 0. The van der Waals surface area contributed by atoms with E-state index in [1.807, 2.05) is 6.92 Å². The van der Waals surface area contributed by atoms with E-state index in [1.54, 1.807) is 0 Å². The molecule has 1 unspecified atom stereocenters. The fourth-order valence-corrected chi connectivity index (χ4v) is 0.311. The molecule has 0 amide bonds. The number of aliphatic hydroxyl groups is 1. The lowest BCUT2D eigenvalue weighted by Crippen LogP contribution is -1.98. The molecule has 0 saturated carbocycles. The van der Waals surface area contributed by atoms with E-state index < -0.39 is 6.23 Å². The van der Waals surface area contributed by atoms with Crippen LogP contribution in [-0.4, -0.2) is 11.3 Å². The molecule has 0 heterocycles. The number of nitroso groups, excluding NO2 is 1. The van der Waals surface area contributed by atoms with Crippen molar-refractivity contribution >= 4 is 0 Å². The summed E-state index contributed by atoms with van der Waals surface area (Å²) in [7, 11) is 0. The maximum Gasteiger partial charge on any atom is 0.186 e. The number of hydrogen-bond donors (Lipinski definition) is 1. The van der Waals surface area contributed by atoms with Crippen LogP contribution in [0.4, 0.5) is 0 Å². The molecular formula is C4H9NO2. The first-order valence-electron chi connectivity index (χ1n) is 2.31. The molecule has 7 heavy (non-hydrogen) atoms. The summed E-state index contributed by atoms with van der Waals surface area (Å²) < 4.78 is 0. The van der Waals surface area contributed by atoms with Crippen LogP contribution in [0.1, 0.15) is 19.8 Å². The second kappa shape index (κ2) is 3.74. The van der Waals surface area contributed by atoms with E-state index in [0.717, 1.165) is 6.42 Å². The Kier molecular flexibility index (Phi) is 3.50. The first-order chi connectivity index (χ1) is 3.31. The predicted molar refractivity (Wildman–Crippen MR) is 26.7 cm³/mol. The van der Waals surface area contributed by atoms with Gasteiger partial charge in [0.2, 0.25) is 0 Å². The van der Waals surface area contributed by atoms with Gasteiger partial charge in [-0.25, -0.2) is 0 Å². The highest BCUT2D eigenvalue weighted by Crippen LogP contribution is 1.94. The summed E-state index contributed by atoms with van der Waals surface area (Å²) in [6.07, 6.45) is 0.293. The van der Waals surface area contributed by atoms with Gasteiger partial charge < -0.3 is 5.11 Å². The Morgan fingerprint density at radius 2 is 2.43 bits per heavy atom. The summed E-state index contributed by atoms with van der Waals surface area (Å²) in [4.78, 5) is 9.39. The number of aliphatic hydroxyl groups excluding tert-OH is 1. The standard InChI is InChI=1S/C4H9NO2/c1-2-3-4(6)5-7/h4,6H,2-3H2,1H3. The first-order valence-corrected chi connectivity index (χ1v) is 2.31. The first kappa shape index (κ1) is 6.56. The third-order valence-electron chi connectivity index (χ3n) is 0.669. The lowest BCUT2D eigenvalue weighted by atomic mass is 10.3. The van der Waals surface area contributed by atoms with Gasteiger partial charge in [0.15, 0.2) is 6.23 Å². The second-order valence-corrected chi connectivity index (χ2v) is 1.37. The topological polar surface area (TPSA) is 49.7 Å². The van der Waals surface area contributed by atoms with Crippen molar-refractivity contribution < 1.29 is 5.11 Å². The smallest absolute Gasteiger partial charge is 0.186 e. The molecule has 0 spiro atoms. The van der Waals surface area contributed by atoms with E-state index in [2.05, 4.69) is 5.18 Å². The molecule has 0 fully saturated rings. The zero-order chi connectivity index (χ0) is 5.70. The average molecular weight is 103 g/mol. The van der Waals surface area contributed by atoms with Crippen molar-refractivity contribution in [1.82, 2.24) is 0 Å². The normalized spacial score (nSPS) is 13.4. The van der Waals surface area contributed by atoms with E-state index in [1.165, 1.54) is 0 Å². The Labute approximate surface area is 42.3 Å². The van der Waals surface area contributed by atoms with Gasteiger partial charge in [0.1, 0.15) is 0 Å². The van der Waals surface area contributed by atoms with Crippen molar-refractivity contribution in [3.63, 3.8) is 0 Å². The van der Waals surface area contributed by atoms with E-state index >= 15 is 0 Å². The monoisotopic (exact) mass is 103 g/mol. The zero-order valence-electron chi connectivity index (χ0n) is 4.29. The quantitative estimate of drug-likeness (QED) is 0.539. The molecule has 3 nitrogen and oxygen atoms in total. The third-order valence-corrected chi connectivity index (χ3v) is 0.669. The van der Waals surface area contributed by atoms with Crippen LogP contribution in [0.15, 0.2) is 5.18 Å². The summed E-state index contributed by atoms with van der Waals surface area (Å²) >= 11 is 0. The van der Waals surface area contributed by atoms with Crippen molar-refractivity contribution in [2.45, 2.75) is 26.0 Å². The van der Waals surface area contributed by atoms with Gasteiger partial charge in [-0.15, -0.1) is 4.91 Å². The minimum absolute atomic E-state index is 0.476. The molecule has 1 N–H and O–H groups in total. The number of rotatable bonds is 3. The molecule has 0 aromatic carbocycles. The van der Waals surface area contributed by atoms with Gasteiger partial charge >= 0.3 is 0 Å². The summed E-state index contributed by atoms with van der Waals surface area (Å²) in [5, 5.41) is 10.8. The minimum atomic E-state index is -0.981. The molecule has 0 rings (SSSR count). The van der Waals surface area contributed by atoms with Gasteiger partial charge in [-0.05, 0) is 11.6 Å². The van der Waals surface area contributed by atoms with Crippen molar-refractivity contribution in [1.29, 1.82) is 0 Å². The average Bonchev–Trinajstić information content (AvgIpc) is 1.68. The van der Waals surface area contributed by atoms with E-state index in [0.29, 0.717) is 6.42 Å². The van der Waals surface area contributed by atoms with Crippen molar-refractivity contribution in [2.24, 2.45) is 5.18 Å². The van der Waals surface area contributed by atoms with Crippen molar-refractivity contribution in [3.8, 4) is 0 Å². The molecule has 0 aromatic heterocycles. The van der Waals surface area contributed by atoms with Crippen LogP contribution in [0.25, 0.3) is 0 Å². The lowest BCUT2D eigenvalue weighted by Gasteiger charge is -1.93. The summed E-state index contributed by atoms with van der Waals surface area (Å²) in [6, 6.07) is 0. The second-order valence-electron chi connectivity index (χ2n) is 1.37. The molecule has 0 aliphatic rings. The molecule has 3 heteroatoms. The van der Waals surface area contributed by atoms with Crippen molar-refractivity contribution in [2.75, 3.05) is 0 Å². The molecule has 1 atom stereocenters. The fraction of sp³-hybridized carbons (Fsp3) is 1.00. The number of hydrogen-bond acceptors (Lipinski definition) is 3. The van der Waals surface area contributed by atoms with Gasteiger partial charge in [0.25, 0.3) is 0 Å². The van der Waals surface area contributed by atoms with Crippen LogP contribution < -0.4 is 0 Å². The fourth-order valence-electron chi connectivity index (χ4n) is 0.311. The van der Waals surface area contributed by atoms with Gasteiger partial charge in [-0.2, -0.15) is 0 Å². The van der Waals surface area contributed by atoms with E-state index in [4.69, 9.17) is 5.11 Å². The maximum atomic E-state index is 9.39. The molecule has 0 saturated heterocycles. The lowest BCUT2D eigenvalue weighted by molar-refractivity contribution is 0.171. The highest BCUT2D eigenvalue weighted by molar-refractivity contribution is 4.45. The summed E-state index contributed by atoms with van der Waals surface area (Å²) in [5.41, 5.74) is 0. The molecule has 42 valence electrons. The third kappa shape index (κ3) is 3.39. The van der Waals surface area contributed by atoms with Gasteiger partial charge in [-0.1, -0.05) is 13.3 Å². The molecule has 0 aliphatic heterocycles. The Morgan fingerprint density at radius 3 is 2.57 bits per heavy atom. The molecule has 0 aromatic rings. The van der Waals surface area contributed by atoms with E-state index in [-0.39, 0.29) is 0 Å². The van der Waals surface area contributed by atoms with Crippen LogP contribution in [0, 0.1) is 4.91 Å². The van der Waals surface area contributed by atoms with E-state index in [9.17, 15) is 4.91 Å². The number of nitrogens with zero attached hydrogens (tertiary/aromatic N) is 1. The molecular weight excluding hydrogens is 94.0 g/mol. The van der Waals surface area contributed by atoms with Gasteiger partial charge in [0.05, 0.1) is 0 Å². The maximum absolute atomic E-state index is 9.39. The van der Waals surface area contributed by atoms with Crippen LogP contribution in [0.5, 0.6) is 0 Å². The molecule has 0 radical (unpaired) electrons. The SMILES string of the molecule is CCCC(O)N=O. The molecule has 0 aliphatic carbocycles. The summed E-state index contributed by atoms with van der Waals surface area (Å²) in [6.45, 7) is 1.88. The Balaban J connectivity index is 2.98. The largest absolute Gasteiger partial charge is 0.369 e. The van der Waals surface area contributed by atoms with Crippen LogP contribution >= 0.6 is 0 Å². The highest BCUT2D eigenvalue weighted by atomic mass is 16.3. The van der Waals surface area contributed by atoms with Crippen LogP contribution in [-0.2, 0) is 0 Å². The van der Waals surface area contributed by atoms with Gasteiger partial charge in [-0.3, -0.25) is 0 Å². The minimum Gasteiger partial charge on any atom is -0.369 e.